The van der Waals surface area contributed by atoms with Gasteiger partial charge in [0.2, 0.25) is 41.4 Å². The smallest absolute Gasteiger partial charge is 0.326 e. The Morgan fingerprint density at radius 1 is 0.636 bits per heavy atom. The Kier molecular flexibility index (Phi) is 25.5. The normalized spacial score (nSPS) is 13.8. The third-order valence-electron chi connectivity index (χ3n) is 12.3. The monoisotopic (exact) mass is 1070 g/mol. The van der Waals surface area contributed by atoms with Crippen molar-refractivity contribution in [2.45, 2.75) is 133 Å². The maximum absolute atomic E-state index is 14.7. The van der Waals surface area contributed by atoms with Gasteiger partial charge in [-0.25, -0.2) is 9.78 Å². The van der Waals surface area contributed by atoms with Crippen molar-refractivity contribution in [3.63, 3.8) is 0 Å². The minimum atomic E-state index is -1.46. The van der Waals surface area contributed by atoms with Crippen molar-refractivity contribution < 1.29 is 53.4 Å². The molecule has 418 valence electrons. The maximum Gasteiger partial charge on any atom is 0.326 e. The number of aromatic nitrogens is 3. The number of hydrogen-bond donors (Lipinski definition) is 15. The molecule has 2 aromatic carbocycles. The zero-order valence-corrected chi connectivity index (χ0v) is 43.1. The van der Waals surface area contributed by atoms with Crippen molar-refractivity contribution in [3.05, 3.63) is 90.1 Å². The largest absolute Gasteiger partial charge is 0.481 e. The summed E-state index contributed by atoms with van der Waals surface area (Å²) >= 11 is 0. The lowest BCUT2D eigenvalue weighted by atomic mass is 10.0. The van der Waals surface area contributed by atoms with E-state index in [1.54, 1.807) is 48.7 Å². The van der Waals surface area contributed by atoms with E-state index in [9.17, 15) is 53.4 Å². The van der Waals surface area contributed by atoms with Crippen LogP contribution in [0.4, 0.5) is 0 Å². The second-order valence-electron chi connectivity index (χ2n) is 18.4. The number of hydrogen-bond acceptors (Lipinski definition) is 13. The summed E-state index contributed by atoms with van der Waals surface area (Å²) < 4.78 is 0. The van der Waals surface area contributed by atoms with Crippen LogP contribution in [0.25, 0.3) is 10.9 Å². The molecule has 7 amide bonds. The average Bonchev–Trinajstić information content (AvgIpc) is 4.08. The molecule has 0 bridgehead atoms. The first kappa shape index (κ1) is 61.2. The van der Waals surface area contributed by atoms with Gasteiger partial charge in [-0.05, 0) is 68.7 Å². The molecule has 0 aliphatic rings. The summed E-state index contributed by atoms with van der Waals surface area (Å²) in [5, 5.41) is 38.1. The summed E-state index contributed by atoms with van der Waals surface area (Å²) in [7, 11) is 0. The van der Waals surface area contributed by atoms with Gasteiger partial charge < -0.3 is 80.3 Å². The first-order chi connectivity index (χ1) is 36.9. The van der Waals surface area contributed by atoms with Gasteiger partial charge in [0.25, 0.3) is 0 Å². The number of nitrogens with two attached hydrogens (primary N) is 4. The number of nitrogens with zero attached hydrogens (tertiary/aromatic N) is 2. The summed E-state index contributed by atoms with van der Waals surface area (Å²) in [5.74, 6) is -8.55. The number of aromatic amines is 2. The first-order valence-electron chi connectivity index (χ1n) is 25.5. The number of nitrogens with one attached hydrogen (secondary N) is 9. The van der Waals surface area contributed by atoms with Crippen LogP contribution in [0.3, 0.4) is 0 Å². The van der Waals surface area contributed by atoms with Gasteiger partial charge in [0.05, 0.1) is 18.9 Å². The zero-order valence-electron chi connectivity index (χ0n) is 43.1. The van der Waals surface area contributed by atoms with E-state index in [4.69, 9.17) is 22.9 Å². The van der Waals surface area contributed by atoms with Gasteiger partial charge >= 0.3 is 11.9 Å². The fourth-order valence-corrected chi connectivity index (χ4v) is 8.13. The van der Waals surface area contributed by atoms with E-state index in [-0.39, 0.29) is 57.5 Å². The molecule has 7 atom stereocenters. The van der Waals surface area contributed by atoms with Crippen molar-refractivity contribution in [2.24, 2.45) is 27.9 Å². The molecule has 2 heterocycles. The number of aliphatic carboxylic acids is 2. The minimum Gasteiger partial charge on any atom is -0.481 e. The number of para-hydroxylation sites is 1. The number of benzene rings is 2. The fraction of sp³-hybridized carbons (Fsp3) is 0.471. The van der Waals surface area contributed by atoms with Crippen LogP contribution in [0.15, 0.2) is 78.3 Å². The third-order valence-corrected chi connectivity index (χ3v) is 12.3. The molecule has 4 rings (SSSR count). The van der Waals surface area contributed by atoms with Crippen LogP contribution >= 0.6 is 0 Å². The topological polar surface area (TPSA) is 439 Å². The number of amides is 7. The van der Waals surface area contributed by atoms with Crippen LogP contribution in [0.1, 0.15) is 88.0 Å². The molecule has 0 aliphatic heterocycles. The quantitative estimate of drug-likeness (QED) is 0.0143. The predicted molar refractivity (Wildman–Crippen MR) is 284 cm³/mol. The van der Waals surface area contributed by atoms with Crippen LogP contribution in [0.5, 0.6) is 0 Å². The Morgan fingerprint density at radius 3 is 1.86 bits per heavy atom. The molecule has 26 nitrogen and oxygen atoms in total. The number of carboxylic acid groups (broad SMARTS) is 2. The van der Waals surface area contributed by atoms with E-state index in [1.165, 1.54) is 12.5 Å². The van der Waals surface area contributed by atoms with E-state index in [0.29, 0.717) is 49.0 Å². The van der Waals surface area contributed by atoms with E-state index < -0.39 is 109 Å². The molecular formula is C51H73N15O11. The van der Waals surface area contributed by atoms with Crippen LogP contribution in [-0.4, -0.2) is 146 Å². The molecule has 26 heteroatoms. The van der Waals surface area contributed by atoms with Crippen molar-refractivity contribution in [1.82, 2.24) is 52.2 Å². The molecule has 0 saturated carbocycles. The number of H-pyrrole nitrogens is 2. The van der Waals surface area contributed by atoms with Crippen molar-refractivity contribution in [3.8, 4) is 0 Å². The number of fused-ring (bicyclic) bond motifs is 1. The Labute approximate surface area is 444 Å². The molecule has 77 heavy (non-hydrogen) atoms. The van der Waals surface area contributed by atoms with Gasteiger partial charge in [0.15, 0.2) is 5.96 Å². The highest BCUT2D eigenvalue weighted by molar-refractivity contribution is 5.98. The van der Waals surface area contributed by atoms with Crippen molar-refractivity contribution >= 4 is 70.2 Å². The van der Waals surface area contributed by atoms with Crippen molar-refractivity contribution in [1.29, 1.82) is 0 Å². The van der Waals surface area contributed by atoms with Gasteiger partial charge in [-0.2, -0.15) is 0 Å². The lowest BCUT2D eigenvalue weighted by Crippen LogP contribution is -2.60. The fourth-order valence-electron chi connectivity index (χ4n) is 8.13. The summed E-state index contributed by atoms with van der Waals surface area (Å²) in [5.41, 5.74) is 25.1. The van der Waals surface area contributed by atoms with E-state index >= 15 is 0 Å². The molecule has 0 spiro atoms. The summed E-state index contributed by atoms with van der Waals surface area (Å²) in [6, 6.07) is 6.44. The van der Waals surface area contributed by atoms with E-state index in [1.807, 2.05) is 19.1 Å². The predicted octanol–water partition coefficient (Wildman–Crippen LogP) is -1.41. The molecule has 2 aromatic heterocycles. The lowest BCUT2D eigenvalue weighted by molar-refractivity contribution is -0.142. The highest BCUT2D eigenvalue weighted by atomic mass is 16.4. The molecule has 0 aliphatic carbocycles. The number of unbranched alkanes of at least 4 members (excludes halogenated alkanes) is 2. The Hall–Kier alpha value is -8.39. The van der Waals surface area contributed by atoms with E-state index in [2.05, 4.69) is 57.2 Å². The number of carboxylic acids is 2. The second kappa shape index (κ2) is 32.1. The molecule has 4 aromatic rings. The molecule has 0 radical (unpaired) electrons. The Bertz CT molecular complexity index is 2610. The molecule has 0 fully saturated rings. The number of imidazole rings is 1. The summed E-state index contributed by atoms with van der Waals surface area (Å²) in [6.07, 6.45) is 5.86. The highest BCUT2D eigenvalue weighted by Crippen LogP contribution is 2.20. The summed E-state index contributed by atoms with van der Waals surface area (Å²) in [6.45, 7) is 1.62. The van der Waals surface area contributed by atoms with Gasteiger partial charge in [-0.1, -0.05) is 68.3 Å². The Balaban J connectivity index is 1.65. The van der Waals surface area contributed by atoms with E-state index in [0.717, 1.165) is 17.3 Å². The third kappa shape index (κ3) is 21.4. The van der Waals surface area contributed by atoms with Crippen molar-refractivity contribution in [2.75, 3.05) is 19.6 Å². The standard InChI is InChI=1S/C51H73N15O11/c1-2-3-15-34(53)44(70)62-37(19-20-43(68)69)47(73)66-41(25-32-27-56-29-60-32)49(75)64-39(23-30-12-5-4-6-13-30)48(74)63-36(18-11-22-57-51(54)55)46(72)65-40(24-31-26-58-35-16-8-7-14-33(31)35)45(71)59-28-42(67)61-38(50(76)77)17-9-10-21-52/h4-8,12-14,16,26-27,29,34,36-41,58H,2-3,9-11,15,17-25,28,52-53H2,1H3,(H,56,60)(H,59,71)(H,61,67)(H,62,70)(H,63,74)(H,64,75)(H,65,72)(H,66,73)(H,68,69)(H,76,77)(H4,54,55,57)/t34-,36+,37-,38-,39+,40-,41-/m0/s1. The van der Waals surface area contributed by atoms with Gasteiger partial charge in [0.1, 0.15) is 36.3 Å². The number of carbonyl (C=O) groups excluding carboxylic acids is 7. The van der Waals surface area contributed by atoms with Crippen LogP contribution in [0.2, 0.25) is 0 Å². The molecule has 19 N–H and O–H groups in total. The minimum absolute atomic E-state index is 0.0255. The Morgan fingerprint density at radius 2 is 1.23 bits per heavy atom. The van der Waals surface area contributed by atoms with Crippen LogP contribution in [0, 0.1) is 0 Å². The van der Waals surface area contributed by atoms with Gasteiger partial charge in [-0.3, -0.25) is 43.3 Å². The molecule has 0 saturated heterocycles. The summed E-state index contributed by atoms with van der Waals surface area (Å²) in [4.78, 5) is 135. The number of aliphatic imine (C=N–C) groups is 1. The zero-order chi connectivity index (χ0) is 56.3. The number of guanidine groups is 1. The first-order valence-corrected chi connectivity index (χ1v) is 25.5. The number of rotatable bonds is 35. The lowest BCUT2D eigenvalue weighted by Gasteiger charge is -2.27. The number of carbonyl (C=O) groups is 9. The van der Waals surface area contributed by atoms with Crippen LogP contribution in [-0.2, 0) is 62.4 Å². The molecular weight excluding hydrogens is 999 g/mol. The molecule has 0 unspecified atom stereocenters. The second-order valence-corrected chi connectivity index (χ2v) is 18.4. The van der Waals surface area contributed by atoms with Gasteiger partial charge in [-0.15, -0.1) is 0 Å². The highest BCUT2D eigenvalue weighted by Gasteiger charge is 2.34. The van der Waals surface area contributed by atoms with Gasteiger partial charge in [0, 0.05) is 61.2 Å². The average molecular weight is 1070 g/mol. The SMILES string of the molecule is CCCC[C@H](N)C(=O)N[C@@H](CCC(=O)O)C(=O)N[C@@H](Cc1cnc[nH]1)C(=O)N[C@H](Cc1ccccc1)C(=O)N[C@H](CCCN=C(N)N)C(=O)N[C@@H](Cc1c[nH]c2ccccc12)C(=O)NCC(=O)N[C@@H](CCCCN)C(=O)O. The van der Waals surface area contributed by atoms with Crippen LogP contribution < -0.4 is 60.2 Å². The maximum atomic E-state index is 14.7.